The van der Waals surface area contributed by atoms with E-state index in [9.17, 15) is 9.59 Å². The van der Waals surface area contributed by atoms with Crippen molar-refractivity contribution in [3.63, 3.8) is 0 Å². The van der Waals surface area contributed by atoms with Crippen LogP contribution in [0.3, 0.4) is 0 Å². The van der Waals surface area contributed by atoms with Crippen molar-refractivity contribution < 1.29 is 14.3 Å². The van der Waals surface area contributed by atoms with Crippen LogP contribution in [0.5, 0.6) is 0 Å². The smallest absolute Gasteiger partial charge is 0.168 e. The Balaban J connectivity index is 0.000000521. The van der Waals surface area contributed by atoms with E-state index < -0.39 is 0 Å². The van der Waals surface area contributed by atoms with Gasteiger partial charge in [0.25, 0.3) is 0 Å². The van der Waals surface area contributed by atoms with Gasteiger partial charge in [0.1, 0.15) is 5.78 Å². The molecule has 0 aromatic rings. The Hall–Kier alpha value is -0.960. The minimum Gasteiger partial charge on any atom is -0.388 e. The van der Waals surface area contributed by atoms with Gasteiger partial charge < -0.3 is 4.74 Å². The maximum atomic E-state index is 12.5. The van der Waals surface area contributed by atoms with Crippen molar-refractivity contribution in [1.82, 2.24) is 0 Å². The lowest BCUT2D eigenvalue weighted by atomic mass is 9.51. The van der Waals surface area contributed by atoms with Gasteiger partial charge in [-0.25, -0.2) is 0 Å². The number of Topliss-reactive ketones (excluding diaryl/α,β-unsaturated/α-hetero) is 2. The molecule has 3 rings (SSSR count). The van der Waals surface area contributed by atoms with E-state index in [1.165, 1.54) is 19.3 Å². The largest absolute Gasteiger partial charge is 0.388 e. The van der Waals surface area contributed by atoms with Crippen molar-refractivity contribution in [2.75, 3.05) is 14.2 Å². The van der Waals surface area contributed by atoms with Crippen LogP contribution in [0.4, 0.5) is 0 Å². The summed E-state index contributed by atoms with van der Waals surface area (Å²) in [6.45, 7) is 12.5. The van der Waals surface area contributed by atoms with Gasteiger partial charge in [-0.15, -0.1) is 0 Å². The molecule has 0 heterocycles. The van der Waals surface area contributed by atoms with Crippen molar-refractivity contribution in [2.45, 2.75) is 66.2 Å². The molecule has 3 saturated carbocycles. The lowest BCUT2D eigenvalue weighted by Crippen LogP contribution is -2.51. The molecule has 4 unspecified atom stereocenters. The second-order valence-corrected chi connectivity index (χ2v) is 7.88. The monoisotopic (exact) mass is 336 g/mol. The molecule has 3 aliphatic rings. The molecule has 3 fully saturated rings. The van der Waals surface area contributed by atoms with E-state index in [0.717, 1.165) is 12.8 Å². The molecule has 0 aromatic heterocycles. The van der Waals surface area contributed by atoms with E-state index in [4.69, 9.17) is 0 Å². The van der Waals surface area contributed by atoms with Gasteiger partial charge in [-0.3, -0.25) is 9.59 Å². The Labute approximate surface area is 148 Å². The molecule has 24 heavy (non-hydrogen) atoms. The van der Waals surface area contributed by atoms with Crippen molar-refractivity contribution in [1.29, 1.82) is 0 Å². The summed E-state index contributed by atoms with van der Waals surface area (Å²) >= 11 is 0. The van der Waals surface area contributed by atoms with Crippen LogP contribution in [0.1, 0.15) is 66.2 Å². The van der Waals surface area contributed by atoms with E-state index in [-0.39, 0.29) is 22.9 Å². The molecule has 0 bridgehead atoms. The zero-order valence-electron chi connectivity index (χ0n) is 16.5. The van der Waals surface area contributed by atoms with E-state index in [0.29, 0.717) is 29.7 Å². The number of ketones is 2. The summed E-state index contributed by atoms with van der Waals surface area (Å²) in [5.74, 6) is 1.31. The van der Waals surface area contributed by atoms with Gasteiger partial charge in [-0.05, 0) is 54.4 Å². The van der Waals surface area contributed by atoms with Gasteiger partial charge in [0, 0.05) is 20.6 Å². The summed E-state index contributed by atoms with van der Waals surface area (Å²) in [7, 11) is 3.25. The Kier molecular flexibility index (Phi) is 7.85. The summed E-state index contributed by atoms with van der Waals surface area (Å²) in [6.07, 6.45) is 6.11. The molecular formula is C21H36O3. The highest BCUT2D eigenvalue weighted by Crippen LogP contribution is 2.55. The molecule has 0 aromatic carbocycles. The van der Waals surface area contributed by atoms with Crippen LogP contribution >= 0.6 is 0 Å². The first-order chi connectivity index (χ1) is 11.3. The SMILES string of the molecule is C=C1CCC2C(C(=O)CC3C2CCCC3(C)C)C1=O.CC.COC. The standard InChI is InChI=1S/C17H24O2.C2H6O.C2H6/c1-10-6-7-12-11-5-4-8-17(2,3)13(11)9-14(18)15(12)16(10)19;1-3-2;1-2/h11-13,15H,1,4-9H2,2-3H3;1-2H3;1-2H3. The fraction of sp³-hybridized carbons (Fsp3) is 0.810. The molecule has 0 radical (unpaired) electrons. The number of carbonyl (C=O) groups is 2. The average Bonchev–Trinajstić information content (AvgIpc) is 2.54. The molecular weight excluding hydrogens is 300 g/mol. The summed E-state index contributed by atoms with van der Waals surface area (Å²) in [4.78, 5) is 24.8. The molecule has 0 amide bonds. The van der Waals surface area contributed by atoms with Crippen LogP contribution in [-0.4, -0.2) is 25.8 Å². The second kappa shape index (κ2) is 8.94. The van der Waals surface area contributed by atoms with Crippen molar-refractivity contribution >= 4 is 11.6 Å². The average molecular weight is 337 g/mol. The number of fused-ring (bicyclic) bond motifs is 3. The van der Waals surface area contributed by atoms with Crippen molar-refractivity contribution in [3.8, 4) is 0 Å². The lowest BCUT2D eigenvalue weighted by Gasteiger charge is -2.52. The van der Waals surface area contributed by atoms with Crippen LogP contribution in [-0.2, 0) is 14.3 Å². The maximum absolute atomic E-state index is 12.5. The number of hydrogen-bond donors (Lipinski definition) is 0. The van der Waals surface area contributed by atoms with Gasteiger partial charge in [0.05, 0.1) is 5.92 Å². The van der Waals surface area contributed by atoms with Gasteiger partial charge in [0.15, 0.2) is 5.78 Å². The molecule has 3 nitrogen and oxygen atoms in total. The predicted octanol–water partition coefficient (Wildman–Crippen LogP) is 4.84. The number of methoxy groups -OCH3 is 1. The molecule has 3 heteroatoms. The number of hydrogen-bond acceptors (Lipinski definition) is 3. The predicted molar refractivity (Wildman–Crippen MR) is 98.9 cm³/mol. The number of ether oxygens (including phenoxy) is 1. The normalized spacial score (nSPS) is 34.0. The Morgan fingerprint density at radius 2 is 1.67 bits per heavy atom. The third kappa shape index (κ3) is 4.17. The lowest BCUT2D eigenvalue weighted by molar-refractivity contribution is -0.146. The molecule has 138 valence electrons. The molecule has 3 aliphatic carbocycles. The first-order valence-electron chi connectivity index (χ1n) is 9.48. The van der Waals surface area contributed by atoms with E-state index >= 15 is 0 Å². The summed E-state index contributed by atoms with van der Waals surface area (Å²) in [5.41, 5.74) is 0.948. The minimum absolute atomic E-state index is 0.0584. The summed E-state index contributed by atoms with van der Waals surface area (Å²) < 4.78 is 4.25. The van der Waals surface area contributed by atoms with Gasteiger partial charge >= 0.3 is 0 Å². The zero-order chi connectivity index (χ0) is 18.5. The van der Waals surface area contributed by atoms with Crippen molar-refractivity contribution in [2.24, 2.45) is 29.1 Å². The highest BCUT2D eigenvalue weighted by atomic mass is 16.4. The fourth-order valence-corrected chi connectivity index (χ4v) is 4.93. The Morgan fingerprint density at radius 3 is 2.25 bits per heavy atom. The van der Waals surface area contributed by atoms with Crippen LogP contribution < -0.4 is 0 Å². The third-order valence-corrected chi connectivity index (χ3v) is 6.04. The first kappa shape index (κ1) is 21.1. The molecule has 0 aliphatic heterocycles. The molecule has 0 spiro atoms. The van der Waals surface area contributed by atoms with E-state index in [1.54, 1.807) is 14.2 Å². The maximum Gasteiger partial charge on any atom is 0.168 e. The van der Waals surface area contributed by atoms with Gasteiger partial charge in [-0.1, -0.05) is 40.7 Å². The van der Waals surface area contributed by atoms with Crippen LogP contribution in [0, 0.1) is 29.1 Å². The summed E-state index contributed by atoms with van der Waals surface area (Å²) in [5, 5.41) is 0. The van der Waals surface area contributed by atoms with Crippen molar-refractivity contribution in [3.05, 3.63) is 12.2 Å². The Bertz CT molecular complexity index is 464. The third-order valence-electron chi connectivity index (χ3n) is 6.04. The van der Waals surface area contributed by atoms with E-state index in [2.05, 4.69) is 25.2 Å². The first-order valence-corrected chi connectivity index (χ1v) is 9.48. The minimum atomic E-state index is -0.337. The highest BCUT2D eigenvalue weighted by Gasteiger charge is 2.53. The topological polar surface area (TPSA) is 43.4 Å². The van der Waals surface area contributed by atoms with Gasteiger partial charge in [0.2, 0.25) is 0 Å². The number of rotatable bonds is 0. The van der Waals surface area contributed by atoms with E-state index in [1.807, 2.05) is 13.8 Å². The number of carbonyl (C=O) groups excluding carboxylic acids is 2. The molecule has 4 atom stereocenters. The zero-order valence-corrected chi connectivity index (χ0v) is 16.5. The number of allylic oxidation sites excluding steroid dienone is 1. The van der Waals surface area contributed by atoms with Crippen LogP contribution in [0.25, 0.3) is 0 Å². The molecule has 0 N–H and O–H groups in total. The quantitative estimate of drug-likeness (QED) is 0.469. The molecule has 0 saturated heterocycles. The second-order valence-electron chi connectivity index (χ2n) is 7.88. The highest BCUT2D eigenvalue weighted by molar-refractivity contribution is 6.11. The van der Waals surface area contributed by atoms with Gasteiger partial charge in [-0.2, -0.15) is 0 Å². The van der Waals surface area contributed by atoms with Crippen LogP contribution in [0.2, 0.25) is 0 Å². The van der Waals surface area contributed by atoms with Crippen LogP contribution in [0.15, 0.2) is 12.2 Å². The summed E-state index contributed by atoms with van der Waals surface area (Å²) in [6, 6.07) is 0. The fourth-order valence-electron chi connectivity index (χ4n) is 4.93. The Morgan fingerprint density at radius 1 is 1.08 bits per heavy atom.